The Kier molecular flexibility index (Phi) is 13.1. The number of rotatable bonds is 3. The molecule has 1 fully saturated rings. The van der Waals surface area contributed by atoms with Crippen molar-refractivity contribution in [1.29, 1.82) is 0 Å². The molecule has 0 N–H and O–H groups in total. The van der Waals surface area contributed by atoms with Crippen molar-refractivity contribution in [1.82, 2.24) is 27.8 Å². The number of halogens is 11. The second-order valence-corrected chi connectivity index (χ2v) is 15.1. The Morgan fingerprint density at radius 3 is 1.50 bits per heavy atom. The van der Waals surface area contributed by atoms with E-state index >= 15 is 0 Å². The van der Waals surface area contributed by atoms with Crippen molar-refractivity contribution in [2.24, 2.45) is 0 Å². The summed E-state index contributed by atoms with van der Waals surface area (Å²) in [6.45, 7) is 5.01. The molecule has 56 heavy (non-hydrogen) atoms. The maximum atomic E-state index is 13.2. The highest BCUT2D eigenvalue weighted by atomic mass is 79.9. The molecule has 0 radical (unpaired) electrons. The molecule has 19 heteroatoms. The quantitative estimate of drug-likeness (QED) is 0.0759. The fourth-order valence-electron chi connectivity index (χ4n) is 5.33. The second kappa shape index (κ2) is 16.9. The number of aryl methyl sites for hydroxylation is 1. The number of aromatic nitrogens is 4. The summed E-state index contributed by atoms with van der Waals surface area (Å²) < 4.78 is 81.2. The molecule has 3 amide bonds. The largest absolute Gasteiger partial charge is 0.418 e. The number of amides is 3. The molecule has 0 bridgehead atoms. The molecule has 4 aromatic carbocycles. The fraction of sp³-hybridized carbons (Fsp3) is 0.189. The minimum atomic E-state index is -4.50. The van der Waals surface area contributed by atoms with Gasteiger partial charge >= 0.3 is 18.4 Å². The molecule has 1 aliphatic heterocycles. The predicted octanol–water partition coefficient (Wildman–Crippen LogP) is 12.8. The summed E-state index contributed by atoms with van der Waals surface area (Å²) in [5.41, 5.74) is 0.520. The highest BCUT2D eigenvalue weighted by molar-refractivity contribution is 9.09. The first kappa shape index (κ1) is 43.2. The van der Waals surface area contributed by atoms with Crippen molar-refractivity contribution in [3.63, 3.8) is 0 Å². The average molecular weight is 1010 g/mol. The van der Waals surface area contributed by atoms with E-state index in [0.717, 1.165) is 16.1 Å². The lowest BCUT2D eigenvalue weighted by Gasteiger charge is -2.19. The highest BCUT2D eigenvalue weighted by Gasteiger charge is 2.50. The van der Waals surface area contributed by atoms with Gasteiger partial charge in [0.15, 0.2) is 0 Å². The van der Waals surface area contributed by atoms with E-state index in [0.29, 0.717) is 49.3 Å². The third kappa shape index (κ3) is 8.96. The standard InChI is InChI=1S/C16H9BrClF3N2.C16H10ClF3N2.C5H6Br2N2O2/c17-8-13-14(9-4-1-2-6-11(9)18)23-15-10(16(19,20)21)5-3-7-12(15)22-13;1-9-14(10-5-2-3-7-12(10)17)22-15-11(16(18,19)20)6-4-8-13(15)21-9;1-5(2)3(10)8(6)4(11)9(5)7/h1-7H,8H2;2-8H,1H3;1-2H3. The van der Waals surface area contributed by atoms with Crippen molar-refractivity contribution in [3.8, 4) is 22.5 Å². The molecule has 1 saturated heterocycles. The van der Waals surface area contributed by atoms with Crippen molar-refractivity contribution >= 4 is 105 Å². The molecular weight excluding hydrogens is 985 g/mol. The Labute approximate surface area is 351 Å². The number of imide groups is 1. The summed E-state index contributed by atoms with van der Waals surface area (Å²) in [7, 11) is 0. The van der Waals surface area contributed by atoms with Crippen LogP contribution in [0.15, 0.2) is 84.9 Å². The lowest BCUT2D eigenvalue weighted by molar-refractivity contribution is -0.137. The first-order valence-corrected chi connectivity index (χ1v) is 19.3. The summed E-state index contributed by atoms with van der Waals surface area (Å²) >= 11 is 21.4. The molecule has 0 spiro atoms. The van der Waals surface area contributed by atoms with E-state index in [2.05, 4.69) is 68.2 Å². The number of hydrogen-bond acceptors (Lipinski definition) is 6. The van der Waals surface area contributed by atoms with Crippen LogP contribution in [0, 0.1) is 6.92 Å². The molecule has 0 saturated carbocycles. The Balaban J connectivity index is 0.000000171. The molecule has 0 aliphatic carbocycles. The van der Waals surface area contributed by atoms with Gasteiger partial charge in [-0.25, -0.2) is 28.7 Å². The fourth-order valence-corrected chi connectivity index (χ4v) is 7.29. The zero-order valence-electron chi connectivity index (χ0n) is 28.9. The van der Waals surface area contributed by atoms with Gasteiger partial charge in [-0.15, -0.1) is 0 Å². The molecule has 0 atom stereocenters. The number of alkyl halides is 7. The minimum absolute atomic E-state index is 0.171. The van der Waals surface area contributed by atoms with Crippen molar-refractivity contribution < 1.29 is 35.9 Å². The first-order valence-electron chi connectivity index (χ1n) is 16.0. The number of carbonyl (C=O) groups excluding carboxylic acids is 2. The summed E-state index contributed by atoms with van der Waals surface area (Å²) in [5, 5.41) is 1.18. The summed E-state index contributed by atoms with van der Waals surface area (Å²) in [4.78, 5) is 39.3. The third-order valence-electron chi connectivity index (χ3n) is 8.16. The Morgan fingerprint density at radius 2 is 1.11 bits per heavy atom. The Hall–Kier alpha value is -3.90. The Bertz CT molecular complexity index is 2470. The summed E-state index contributed by atoms with van der Waals surface area (Å²) in [6.07, 6.45) is -8.98. The maximum Gasteiger partial charge on any atom is 0.418 e. The van der Waals surface area contributed by atoms with Crippen LogP contribution in [0.4, 0.5) is 31.1 Å². The monoisotopic (exact) mass is 1010 g/mol. The van der Waals surface area contributed by atoms with Crippen LogP contribution in [-0.4, -0.2) is 45.3 Å². The van der Waals surface area contributed by atoms with Gasteiger partial charge < -0.3 is 0 Å². The van der Waals surface area contributed by atoms with Crippen molar-refractivity contribution in [3.05, 3.63) is 117 Å². The maximum absolute atomic E-state index is 13.2. The van der Waals surface area contributed by atoms with Gasteiger partial charge in [0.1, 0.15) is 16.6 Å². The van der Waals surface area contributed by atoms with E-state index in [1.165, 1.54) is 28.2 Å². The van der Waals surface area contributed by atoms with Crippen LogP contribution < -0.4 is 0 Å². The van der Waals surface area contributed by atoms with Crippen LogP contribution in [0.1, 0.15) is 36.4 Å². The van der Waals surface area contributed by atoms with Gasteiger partial charge in [0.05, 0.1) is 87.3 Å². The van der Waals surface area contributed by atoms with Crippen LogP contribution in [0.25, 0.3) is 44.6 Å². The van der Waals surface area contributed by atoms with Gasteiger partial charge in [0.2, 0.25) is 0 Å². The van der Waals surface area contributed by atoms with Crippen LogP contribution in [0.2, 0.25) is 10.0 Å². The number of benzene rings is 4. The zero-order valence-corrected chi connectivity index (χ0v) is 35.2. The molecule has 2 aromatic heterocycles. The van der Waals surface area contributed by atoms with E-state index in [1.54, 1.807) is 69.3 Å². The molecule has 8 nitrogen and oxygen atoms in total. The molecule has 292 valence electrons. The van der Waals surface area contributed by atoms with Crippen molar-refractivity contribution in [2.75, 3.05) is 0 Å². The van der Waals surface area contributed by atoms with E-state index in [9.17, 15) is 35.9 Å². The number of nitrogens with zero attached hydrogens (tertiary/aromatic N) is 6. The van der Waals surface area contributed by atoms with Crippen LogP contribution in [-0.2, 0) is 22.5 Å². The highest BCUT2D eigenvalue weighted by Crippen LogP contribution is 2.38. The molecule has 7 rings (SSSR count). The smallest absolute Gasteiger partial charge is 0.271 e. The van der Waals surface area contributed by atoms with Gasteiger partial charge in [-0.2, -0.15) is 30.3 Å². The normalized spacial score (nSPS) is 14.1. The molecule has 1 aliphatic rings. The number of hydrogen-bond donors (Lipinski definition) is 0. The summed E-state index contributed by atoms with van der Waals surface area (Å²) in [6, 6.07) is 21.0. The van der Waals surface area contributed by atoms with Crippen LogP contribution in [0.3, 0.4) is 0 Å². The van der Waals surface area contributed by atoms with E-state index in [-0.39, 0.29) is 28.0 Å². The molecular formula is C37H25Br3Cl2F6N6O2. The lowest BCUT2D eigenvalue weighted by atomic mass is 10.1. The third-order valence-corrected chi connectivity index (χ3v) is 11.2. The number of urea groups is 1. The summed E-state index contributed by atoms with van der Waals surface area (Å²) in [5.74, 6) is -0.278. The van der Waals surface area contributed by atoms with E-state index < -0.39 is 35.0 Å². The molecule has 0 unspecified atom stereocenters. The minimum Gasteiger partial charge on any atom is -0.271 e. The van der Waals surface area contributed by atoms with Crippen LogP contribution >= 0.6 is 71.4 Å². The van der Waals surface area contributed by atoms with E-state index in [4.69, 9.17) is 23.2 Å². The van der Waals surface area contributed by atoms with Crippen molar-refractivity contribution in [2.45, 2.75) is 44.0 Å². The second-order valence-electron chi connectivity index (χ2n) is 12.3. The number of para-hydroxylation sites is 2. The van der Waals surface area contributed by atoms with E-state index in [1.807, 2.05) is 0 Å². The predicted molar refractivity (Wildman–Crippen MR) is 213 cm³/mol. The lowest BCUT2D eigenvalue weighted by Crippen LogP contribution is -2.37. The Morgan fingerprint density at radius 1 is 0.661 bits per heavy atom. The van der Waals surface area contributed by atoms with Gasteiger partial charge in [-0.3, -0.25) is 4.79 Å². The van der Waals surface area contributed by atoms with Crippen LogP contribution in [0.5, 0.6) is 0 Å². The van der Waals surface area contributed by atoms with Gasteiger partial charge in [-0.1, -0.05) is 87.7 Å². The van der Waals surface area contributed by atoms with Gasteiger partial charge in [0, 0.05) is 16.5 Å². The molecule has 6 aromatic rings. The number of fused-ring (bicyclic) bond motifs is 2. The SMILES string of the molecule is CC1(C)C(=O)N(Br)C(=O)N1Br.Cc1nc2cccc(C(F)(F)F)c2nc1-c1ccccc1Cl.FC(F)(F)c1cccc2nc(CBr)c(-c3ccccc3Cl)nc12. The molecule has 3 heterocycles. The number of carbonyl (C=O) groups is 2. The topological polar surface area (TPSA) is 92.2 Å². The van der Waals surface area contributed by atoms with Gasteiger partial charge in [-0.05, 0) is 57.2 Å². The zero-order chi connectivity index (χ0) is 41.3. The van der Waals surface area contributed by atoms with Gasteiger partial charge in [0.25, 0.3) is 5.91 Å². The average Bonchev–Trinajstić information content (AvgIpc) is 3.27. The first-order chi connectivity index (χ1) is 26.2.